The number of rotatable bonds is 14. The van der Waals surface area contributed by atoms with Crippen LogP contribution in [0.3, 0.4) is 0 Å². The zero-order valence-electron chi connectivity index (χ0n) is 18.5. The molecule has 1 aromatic rings. The summed E-state index contributed by atoms with van der Waals surface area (Å²) in [6, 6.07) is 5.77. The molecule has 0 saturated heterocycles. The maximum atomic E-state index is 11.2. The molecular formula is C24H38O5. The summed E-state index contributed by atoms with van der Waals surface area (Å²) in [6.07, 6.45) is 8.75. The lowest BCUT2D eigenvalue weighted by molar-refractivity contribution is -0.148. The van der Waals surface area contributed by atoms with Crippen LogP contribution in [0.25, 0.3) is 0 Å². The minimum atomic E-state index is -0.770. The van der Waals surface area contributed by atoms with Crippen molar-refractivity contribution >= 4 is 11.9 Å². The van der Waals surface area contributed by atoms with Gasteiger partial charge in [0.25, 0.3) is 0 Å². The Labute approximate surface area is 175 Å². The molecular weight excluding hydrogens is 368 g/mol. The molecule has 3 N–H and O–H groups in total. The SMILES string of the molecule is CC(C)(CCCCCCc1ccc(O)c(CCCCC(C)(C)C(=O)O)c1)C(=O)O. The Bertz CT molecular complexity index is 676. The standard InChI is InChI=1S/C24H38O5/c1-23(2,21(26)27)15-9-6-5-7-11-18-13-14-20(25)19(17-18)12-8-10-16-24(3,4)22(28)29/h13-14,17,25H,5-12,15-16H2,1-4H3,(H,26,27)(H,28,29). The van der Waals surface area contributed by atoms with Crippen molar-refractivity contribution in [2.45, 2.75) is 91.9 Å². The number of aromatic hydroxyl groups is 1. The van der Waals surface area contributed by atoms with Crippen molar-refractivity contribution in [2.24, 2.45) is 10.8 Å². The van der Waals surface area contributed by atoms with Crippen LogP contribution in [-0.2, 0) is 22.4 Å². The van der Waals surface area contributed by atoms with Crippen LogP contribution in [0.15, 0.2) is 18.2 Å². The van der Waals surface area contributed by atoms with E-state index in [2.05, 4.69) is 6.07 Å². The average molecular weight is 407 g/mol. The lowest BCUT2D eigenvalue weighted by Gasteiger charge is -2.18. The Morgan fingerprint density at radius 1 is 0.759 bits per heavy atom. The van der Waals surface area contributed by atoms with Crippen LogP contribution in [0, 0.1) is 10.8 Å². The summed E-state index contributed by atoms with van der Waals surface area (Å²) in [6.45, 7) is 7.04. The number of phenols is 1. The summed E-state index contributed by atoms with van der Waals surface area (Å²) in [7, 11) is 0. The number of hydrogen-bond donors (Lipinski definition) is 3. The number of benzene rings is 1. The van der Waals surface area contributed by atoms with E-state index in [1.807, 2.05) is 6.07 Å². The second-order valence-electron chi connectivity index (χ2n) is 9.46. The molecule has 0 bridgehead atoms. The Morgan fingerprint density at radius 2 is 1.24 bits per heavy atom. The smallest absolute Gasteiger partial charge is 0.309 e. The third-order valence-corrected chi connectivity index (χ3v) is 5.82. The molecule has 0 radical (unpaired) electrons. The lowest BCUT2D eigenvalue weighted by atomic mass is 9.86. The van der Waals surface area contributed by atoms with Gasteiger partial charge in [0, 0.05) is 0 Å². The van der Waals surface area contributed by atoms with E-state index in [0.717, 1.165) is 56.9 Å². The van der Waals surface area contributed by atoms with E-state index in [9.17, 15) is 19.8 Å². The largest absolute Gasteiger partial charge is 0.508 e. The molecule has 29 heavy (non-hydrogen) atoms. The zero-order valence-corrected chi connectivity index (χ0v) is 18.5. The highest BCUT2D eigenvalue weighted by Crippen LogP contribution is 2.27. The van der Waals surface area contributed by atoms with Gasteiger partial charge in [0.05, 0.1) is 10.8 Å². The fourth-order valence-electron chi connectivity index (χ4n) is 3.34. The average Bonchev–Trinajstić information content (AvgIpc) is 2.63. The van der Waals surface area contributed by atoms with Gasteiger partial charge in [0.15, 0.2) is 0 Å². The number of carboxylic acids is 2. The molecule has 0 saturated carbocycles. The van der Waals surface area contributed by atoms with Crippen molar-refractivity contribution in [1.82, 2.24) is 0 Å². The number of carbonyl (C=O) groups is 2. The van der Waals surface area contributed by atoms with Crippen molar-refractivity contribution in [3.63, 3.8) is 0 Å². The topological polar surface area (TPSA) is 94.8 Å². The van der Waals surface area contributed by atoms with Gasteiger partial charge in [-0.2, -0.15) is 0 Å². The molecule has 0 heterocycles. The van der Waals surface area contributed by atoms with Gasteiger partial charge in [-0.3, -0.25) is 9.59 Å². The van der Waals surface area contributed by atoms with Crippen LogP contribution in [0.1, 0.15) is 90.2 Å². The Hall–Kier alpha value is -2.04. The van der Waals surface area contributed by atoms with Crippen molar-refractivity contribution in [3.05, 3.63) is 29.3 Å². The van der Waals surface area contributed by atoms with Crippen molar-refractivity contribution in [2.75, 3.05) is 0 Å². The zero-order chi connectivity index (χ0) is 22.1. The van der Waals surface area contributed by atoms with E-state index in [1.165, 1.54) is 5.56 Å². The van der Waals surface area contributed by atoms with E-state index in [0.29, 0.717) is 18.6 Å². The van der Waals surface area contributed by atoms with E-state index >= 15 is 0 Å². The third kappa shape index (κ3) is 8.88. The van der Waals surface area contributed by atoms with Crippen molar-refractivity contribution in [3.8, 4) is 5.75 Å². The quantitative estimate of drug-likeness (QED) is 0.338. The van der Waals surface area contributed by atoms with E-state index < -0.39 is 22.8 Å². The Kier molecular flexibility index (Phi) is 9.67. The molecule has 5 nitrogen and oxygen atoms in total. The molecule has 0 aliphatic heterocycles. The molecule has 0 spiro atoms. The second kappa shape index (κ2) is 11.2. The van der Waals surface area contributed by atoms with Crippen molar-refractivity contribution < 1.29 is 24.9 Å². The summed E-state index contributed by atoms with van der Waals surface area (Å²) in [4.78, 5) is 22.3. The van der Waals surface area contributed by atoms with Gasteiger partial charge < -0.3 is 15.3 Å². The fourth-order valence-corrected chi connectivity index (χ4v) is 3.34. The number of unbranched alkanes of at least 4 members (excludes halogenated alkanes) is 4. The molecule has 0 aliphatic rings. The van der Waals surface area contributed by atoms with Gasteiger partial charge in [0.1, 0.15) is 5.75 Å². The van der Waals surface area contributed by atoms with Crippen LogP contribution in [0.2, 0.25) is 0 Å². The third-order valence-electron chi connectivity index (χ3n) is 5.82. The van der Waals surface area contributed by atoms with Gasteiger partial charge in [-0.05, 0) is 83.4 Å². The van der Waals surface area contributed by atoms with Crippen LogP contribution >= 0.6 is 0 Å². The summed E-state index contributed by atoms with van der Waals surface area (Å²) in [5.41, 5.74) is 0.781. The molecule has 164 valence electrons. The molecule has 0 atom stereocenters. The number of phenolic OH excluding ortho intramolecular Hbond substituents is 1. The monoisotopic (exact) mass is 406 g/mol. The summed E-state index contributed by atoms with van der Waals surface area (Å²) in [5, 5.41) is 28.4. The highest BCUT2D eigenvalue weighted by Gasteiger charge is 2.26. The lowest BCUT2D eigenvalue weighted by Crippen LogP contribution is -2.23. The van der Waals surface area contributed by atoms with Gasteiger partial charge in [-0.15, -0.1) is 0 Å². The predicted octanol–water partition coefficient (Wildman–Crippen LogP) is 5.82. The number of aryl methyl sites for hydroxylation is 2. The first-order valence-electron chi connectivity index (χ1n) is 10.7. The van der Waals surface area contributed by atoms with Crippen LogP contribution in [0.5, 0.6) is 5.75 Å². The number of hydrogen-bond acceptors (Lipinski definition) is 3. The first kappa shape index (κ1) is 25.0. The molecule has 0 amide bonds. The first-order valence-corrected chi connectivity index (χ1v) is 10.7. The van der Waals surface area contributed by atoms with E-state index in [1.54, 1.807) is 33.8 Å². The number of carboxylic acid groups (broad SMARTS) is 2. The predicted molar refractivity (Wildman–Crippen MR) is 115 cm³/mol. The van der Waals surface area contributed by atoms with Gasteiger partial charge in [-0.1, -0.05) is 37.8 Å². The molecule has 0 aliphatic carbocycles. The highest BCUT2D eigenvalue weighted by atomic mass is 16.4. The fraction of sp³-hybridized carbons (Fsp3) is 0.667. The Balaban J connectivity index is 2.36. The van der Waals surface area contributed by atoms with Gasteiger partial charge in [-0.25, -0.2) is 0 Å². The highest BCUT2D eigenvalue weighted by molar-refractivity contribution is 5.73. The van der Waals surface area contributed by atoms with Crippen LogP contribution in [-0.4, -0.2) is 27.3 Å². The maximum absolute atomic E-state index is 11.2. The van der Waals surface area contributed by atoms with Crippen LogP contribution in [0.4, 0.5) is 0 Å². The normalized spacial score (nSPS) is 12.1. The van der Waals surface area contributed by atoms with Gasteiger partial charge in [0.2, 0.25) is 0 Å². The van der Waals surface area contributed by atoms with E-state index in [4.69, 9.17) is 5.11 Å². The molecule has 0 unspecified atom stereocenters. The summed E-state index contributed by atoms with van der Waals surface area (Å²) >= 11 is 0. The molecule has 0 aromatic heterocycles. The first-order chi connectivity index (χ1) is 13.5. The second-order valence-corrected chi connectivity index (χ2v) is 9.46. The molecule has 1 aromatic carbocycles. The number of aliphatic carboxylic acids is 2. The molecule has 5 heteroatoms. The molecule has 1 rings (SSSR count). The van der Waals surface area contributed by atoms with Crippen molar-refractivity contribution in [1.29, 1.82) is 0 Å². The summed E-state index contributed by atoms with van der Waals surface area (Å²) < 4.78 is 0. The minimum Gasteiger partial charge on any atom is -0.508 e. The molecule has 0 fully saturated rings. The van der Waals surface area contributed by atoms with E-state index in [-0.39, 0.29) is 0 Å². The van der Waals surface area contributed by atoms with Gasteiger partial charge >= 0.3 is 11.9 Å². The maximum Gasteiger partial charge on any atom is 0.309 e. The van der Waals surface area contributed by atoms with Crippen LogP contribution < -0.4 is 0 Å². The summed E-state index contributed by atoms with van der Waals surface area (Å²) in [5.74, 6) is -1.20. The Morgan fingerprint density at radius 3 is 1.79 bits per heavy atom. The minimum absolute atomic E-state index is 0.308.